The molecule has 27 nitrogen and oxygen atoms in total. The maximum absolute atomic E-state index is 13.6. The van der Waals surface area contributed by atoms with E-state index >= 15 is 0 Å². The third-order valence-electron chi connectivity index (χ3n) is 31.2. The number of ether oxygens (including phenoxy) is 5. The minimum absolute atomic E-state index is 0.159. The number of hydrogen-bond acceptors (Lipinski definition) is 23. The Morgan fingerprint density at radius 2 is 0.787 bits per heavy atom. The van der Waals surface area contributed by atoms with Crippen molar-refractivity contribution in [3.05, 3.63) is 161 Å². The number of nitrogens with one attached hydrogen (secondary N) is 3. The van der Waals surface area contributed by atoms with Gasteiger partial charge in [-0.25, -0.2) is 0 Å². The average molecular weight is 2200 g/mol. The Hall–Kier alpha value is -7.34. The molecule has 0 unspecified atom stereocenters. The van der Waals surface area contributed by atoms with E-state index in [4.69, 9.17) is 29.4 Å². The number of aromatic amines is 1. The number of amides is 1. The zero-order chi connectivity index (χ0) is 102. The summed E-state index contributed by atoms with van der Waals surface area (Å²) in [6.45, 7) is 35.6. The van der Waals surface area contributed by atoms with Gasteiger partial charge >= 0.3 is 0 Å². The van der Waals surface area contributed by atoms with Crippen LogP contribution in [0.2, 0.25) is 0 Å². The molecule has 0 spiro atoms. The van der Waals surface area contributed by atoms with E-state index < -0.39 is 0 Å². The summed E-state index contributed by atoms with van der Waals surface area (Å²) in [6, 6.07) is 18.0. The van der Waals surface area contributed by atoms with Gasteiger partial charge in [0.25, 0.3) is 11.5 Å². The van der Waals surface area contributed by atoms with Gasteiger partial charge in [0.05, 0.1) is 93.2 Å². The number of pyridine rings is 1. The van der Waals surface area contributed by atoms with Crippen molar-refractivity contribution in [2.24, 2.45) is 29.1 Å². The van der Waals surface area contributed by atoms with Crippen molar-refractivity contribution in [1.29, 1.82) is 0 Å². The predicted octanol–water partition coefficient (Wildman–Crippen LogP) is 19.9. The first-order valence-corrected chi connectivity index (χ1v) is 54.7. The lowest BCUT2D eigenvalue weighted by Crippen LogP contribution is -2.44. The van der Waals surface area contributed by atoms with Crippen LogP contribution in [0.5, 0.6) is 0 Å². The quantitative estimate of drug-likeness (QED) is 0.0273. The molecule has 6 heterocycles. The van der Waals surface area contributed by atoms with E-state index in [1.165, 1.54) is 163 Å². The first kappa shape index (κ1) is 114. The fourth-order valence-electron chi connectivity index (χ4n) is 22.2. The highest BCUT2D eigenvalue weighted by Gasteiger charge is 2.36. The third kappa shape index (κ3) is 29.4. The van der Waals surface area contributed by atoms with Gasteiger partial charge in [-0.2, -0.15) is 10.2 Å². The summed E-state index contributed by atoms with van der Waals surface area (Å²) in [4.78, 5) is 72.9. The number of rotatable bonds is 34. The van der Waals surface area contributed by atoms with Crippen molar-refractivity contribution in [3.8, 4) is 0 Å². The van der Waals surface area contributed by atoms with Crippen LogP contribution in [-0.4, -0.2) is 290 Å². The molecule has 5 N–H and O–H groups in total. The monoisotopic (exact) mass is 2200 g/mol. The lowest BCUT2D eigenvalue weighted by atomic mass is 9.88. The van der Waals surface area contributed by atoms with Crippen LogP contribution in [0, 0.1) is 48.5 Å². The number of nitrogens with two attached hydrogens (primary N) is 1. The standard InChI is InChI=1S/C30H44N6O3.C21H33BrN4O.C21H32BrN3O.C19H28BrN3O.C10H19NO2.C9H9BrN2/c1-8-36(23-11-9-22(10-12-23)34(5)13-14-39-7)28-21(4)24(16-27-26(28)18-32-35(27)6)29(37)31-17-25-19(2)15-20(3)33-30(25)38;1-6-26(17-9-7-16(8-10-17)24(3)11-12-27-5)21-15(2)19(22)13-20-18(21)14-23-25(20)4;1-5-25(18-8-6-17(7-9-18)24(3)10-11-26-4)21-15(2)20(22)12-16-13-23-14-19(16)21;1-13-18(20)10-14-11-21-12-17(14)19(13)22-15-4-6-16(7-5-15)23(2)8-9-24-3;1-11(7-8-13-2)9-3-5-10(12)6-4-9;1-5-8(10)2-6-3-12-4-7(6)9(5)11/h15-16,18,22-23H,8-14,17H2,1-7H3,(H,31,37)(H,33,38);13-14,16-17H,6-12H2,1-5H3;12,14,17-18H,5-11,13H2,1-4H3;10,12,15-16,22H,4-9,11H2,1-3H3;9H,3-8H2,1-2H3;2,4H,3,11H2,1H3. The maximum Gasteiger partial charge on any atom is 0.253 e. The summed E-state index contributed by atoms with van der Waals surface area (Å²) in [5, 5.41) is 18.2. The normalized spacial score (nSPS) is 19.8. The number of methoxy groups -OCH3 is 5. The number of Topliss-reactive ketones (excluding diaryl/α,β-unsaturated/α-hetero) is 1. The Balaban J connectivity index is 0.000000168. The van der Waals surface area contributed by atoms with Gasteiger partial charge in [0.2, 0.25) is 0 Å². The molecule has 0 radical (unpaired) electrons. The van der Waals surface area contributed by atoms with Gasteiger partial charge in [-0.3, -0.25) is 38.7 Å². The summed E-state index contributed by atoms with van der Waals surface area (Å²) < 4.78 is 34.4. The molecule has 0 atom stereocenters. The van der Waals surface area contributed by atoms with Crippen molar-refractivity contribution < 1.29 is 33.3 Å². The number of halogens is 4. The zero-order valence-corrected chi connectivity index (χ0v) is 95.1. The summed E-state index contributed by atoms with van der Waals surface area (Å²) in [5.41, 5.74) is 30.3. The topological polar surface area (TPSA) is 262 Å². The van der Waals surface area contributed by atoms with Crippen LogP contribution in [-0.2, 0) is 68.8 Å². The highest BCUT2D eigenvalue weighted by molar-refractivity contribution is 9.11. The minimum atomic E-state index is -0.184. The van der Waals surface area contributed by atoms with Crippen molar-refractivity contribution in [2.75, 3.05) is 182 Å². The van der Waals surface area contributed by atoms with E-state index in [1.54, 1.807) is 35.5 Å². The fraction of sp³-hybridized carbons (Fsp3) is 0.618. The lowest BCUT2D eigenvalue weighted by molar-refractivity contribution is -0.121. The van der Waals surface area contributed by atoms with Crippen molar-refractivity contribution in [1.82, 2.24) is 54.4 Å². The fourth-order valence-corrected chi connectivity index (χ4v) is 24.0. The van der Waals surface area contributed by atoms with Gasteiger partial charge in [0.1, 0.15) is 5.78 Å². The zero-order valence-electron chi connectivity index (χ0n) is 88.8. The average Bonchev–Trinajstić information content (AvgIpc) is 1.66. The van der Waals surface area contributed by atoms with Gasteiger partial charge < -0.3 is 84.2 Å². The maximum atomic E-state index is 13.6. The lowest BCUT2D eigenvalue weighted by Gasteiger charge is -2.41. The van der Waals surface area contributed by atoms with Gasteiger partial charge in [0, 0.05) is 268 Å². The number of H-pyrrole nitrogens is 1. The SMILES string of the molecule is CCN(c1c(C)c(Br)cc2c1C=NC2)C1CCC(N(C)CCOC)CC1.CCN(c1c(C)c(Br)cc2c1cnn2C)C1CCC(N(C)CCOC)CC1.CCN(c1c(C)c(C(=O)NCc2c(C)cc(C)[nH]c2=O)cc2c1cnn2C)C1CCC(N(C)CCOC)CC1.COCCN(C)C1CCC(=O)CC1.COCCN(C)C1CCC(Nc2c(C)c(Br)cc3c2C=NC3)CC1.Cc1c(Br)cc2c(c1N)C=NC2. The number of ketones is 1. The summed E-state index contributed by atoms with van der Waals surface area (Å²) >= 11 is 14.7. The molecule has 1 amide bonds. The largest absolute Gasteiger partial charge is 0.398 e. The van der Waals surface area contributed by atoms with Crippen LogP contribution in [0.1, 0.15) is 238 Å². The molecule has 8 aromatic rings. The van der Waals surface area contributed by atoms with Crippen LogP contribution in [0.3, 0.4) is 0 Å². The number of aromatic nitrogens is 5. The van der Waals surface area contributed by atoms with Crippen LogP contribution in [0.15, 0.2) is 86.5 Å². The van der Waals surface area contributed by atoms with Gasteiger partial charge in [-0.15, -0.1) is 0 Å². The number of likely N-dealkylation sites (N-methyl/N-ethyl adjacent to an activating group) is 5. The van der Waals surface area contributed by atoms with Crippen molar-refractivity contribution in [2.45, 2.75) is 278 Å². The number of anilines is 5. The second-order valence-electron chi connectivity index (χ2n) is 40.0. The molecule has 8 aliphatic rings. The Kier molecular flexibility index (Phi) is 44.8. The molecule has 0 saturated heterocycles. The molecule has 3 aliphatic heterocycles. The number of hydrogen-bond donors (Lipinski definition) is 4. The van der Waals surface area contributed by atoms with Gasteiger partial charge in [0.15, 0.2) is 0 Å². The Labute approximate surface area is 875 Å². The second kappa shape index (κ2) is 55.4. The van der Waals surface area contributed by atoms with Gasteiger partial charge in [-0.1, -0.05) is 63.7 Å². The number of aryl methyl sites for hydroxylation is 4. The molecule has 141 heavy (non-hydrogen) atoms. The molecule has 776 valence electrons. The van der Waals surface area contributed by atoms with E-state index in [2.05, 4.69) is 251 Å². The summed E-state index contributed by atoms with van der Waals surface area (Å²) in [6.07, 6.45) is 33.0. The molecule has 5 fully saturated rings. The highest BCUT2D eigenvalue weighted by atomic mass is 79.9. The number of nitrogen functional groups attached to an aromatic ring is 1. The molecule has 16 rings (SSSR count). The molecule has 3 aromatic heterocycles. The number of aliphatic imine (C=N–C) groups is 3. The first-order valence-electron chi connectivity index (χ1n) is 51.5. The summed E-state index contributed by atoms with van der Waals surface area (Å²) in [5.74, 6) is 0.243. The Morgan fingerprint density at radius 1 is 0.440 bits per heavy atom. The highest BCUT2D eigenvalue weighted by Crippen LogP contribution is 2.44. The van der Waals surface area contributed by atoms with Gasteiger partial charge in [-0.05, 0) is 307 Å². The van der Waals surface area contributed by atoms with E-state index in [9.17, 15) is 14.4 Å². The molecule has 0 bridgehead atoms. The van der Waals surface area contributed by atoms with E-state index in [0.29, 0.717) is 71.3 Å². The van der Waals surface area contributed by atoms with Crippen LogP contribution < -0.4 is 36.6 Å². The van der Waals surface area contributed by atoms with Crippen LogP contribution >= 0.6 is 63.7 Å². The number of carbonyl (C=O) groups excluding carboxylic acids is 2. The predicted molar refractivity (Wildman–Crippen MR) is 598 cm³/mol. The third-order valence-corrected chi connectivity index (χ3v) is 34.5. The van der Waals surface area contributed by atoms with E-state index in [0.717, 1.165) is 211 Å². The summed E-state index contributed by atoms with van der Waals surface area (Å²) in [7, 11) is 23.7. The van der Waals surface area contributed by atoms with E-state index in [-0.39, 0.29) is 18.0 Å². The first-order chi connectivity index (χ1) is 67.7. The molecule has 5 saturated carbocycles. The number of fused-ring (bicyclic) bond motifs is 5. The number of benzene rings is 5. The number of nitrogens with zero attached hydrogens (tertiary/aromatic N) is 15. The smallest absolute Gasteiger partial charge is 0.253 e. The molecule has 31 heteroatoms. The van der Waals surface area contributed by atoms with Crippen molar-refractivity contribution >= 4 is 144 Å². The Bertz CT molecular complexity index is 5560. The van der Waals surface area contributed by atoms with Crippen molar-refractivity contribution in [3.63, 3.8) is 0 Å². The molecule has 5 aromatic carbocycles. The van der Waals surface area contributed by atoms with E-state index in [1.807, 2.05) is 88.1 Å². The Morgan fingerprint density at radius 3 is 1.21 bits per heavy atom. The van der Waals surface area contributed by atoms with Crippen LogP contribution in [0.4, 0.5) is 28.4 Å². The second-order valence-corrected chi connectivity index (χ2v) is 43.4. The molecular weight excluding hydrogens is 2030 g/mol. The van der Waals surface area contributed by atoms with Crippen LogP contribution in [0.25, 0.3) is 21.8 Å². The molecule has 5 aliphatic carbocycles. The number of carbonyl (C=O) groups is 2. The minimum Gasteiger partial charge on any atom is -0.398 e. The molecular formula is C110H165Br4N19O8.